The molecule has 0 fully saturated rings. The lowest BCUT2D eigenvalue weighted by atomic mass is 10.1. The summed E-state index contributed by atoms with van der Waals surface area (Å²) in [6.45, 7) is 0. The van der Waals surface area contributed by atoms with Gasteiger partial charge >= 0.3 is 5.97 Å². The number of ether oxygens (including phenoxy) is 2. The fourth-order valence-electron chi connectivity index (χ4n) is 2.14. The van der Waals surface area contributed by atoms with Crippen LogP contribution >= 0.6 is 0 Å². The molecule has 2 aromatic rings. The van der Waals surface area contributed by atoms with Gasteiger partial charge in [-0.1, -0.05) is 24.3 Å². The number of aromatic hydroxyl groups is 1. The van der Waals surface area contributed by atoms with Gasteiger partial charge in [-0.25, -0.2) is 4.79 Å². The van der Waals surface area contributed by atoms with Crippen LogP contribution in [0.15, 0.2) is 42.5 Å². The van der Waals surface area contributed by atoms with E-state index in [0.717, 1.165) is 11.1 Å². The second-order valence-corrected chi connectivity index (χ2v) is 4.37. The largest absolute Gasteiger partial charge is 0.504 e. The van der Waals surface area contributed by atoms with Crippen molar-refractivity contribution < 1.29 is 19.4 Å². The van der Waals surface area contributed by atoms with Crippen LogP contribution in [-0.2, 0) is 4.74 Å². The Bertz CT molecular complexity index is 716. The lowest BCUT2D eigenvalue weighted by molar-refractivity contribution is 0.0717. The first kappa shape index (κ1) is 12.3. The smallest absolute Gasteiger partial charge is 0.344 e. The highest BCUT2D eigenvalue weighted by molar-refractivity contribution is 6.05. The topological polar surface area (TPSA) is 55.8 Å². The summed E-state index contributed by atoms with van der Waals surface area (Å²) < 4.78 is 10.2. The summed E-state index contributed by atoms with van der Waals surface area (Å²) in [6, 6.07) is 12.2. The summed E-state index contributed by atoms with van der Waals surface area (Å²) >= 11 is 0. The zero-order valence-electron chi connectivity index (χ0n) is 10.8. The number of methoxy groups -OCH3 is 1. The zero-order chi connectivity index (χ0) is 14.1. The third-order valence-corrected chi connectivity index (χ3v) is 3.12. The normalized spacial score (nSPS) is 15.1. The van der Waals surface area contributed by atoms with Crippen molar-refractivity contribution in [2.45, 2.75) is 0 Å². The molecule has 3 rings (SSSR count). The molecule has 0 saturated heterocycles. The van der Waals surface area contributed by atoms with E-state index in [1.54, 1.807) is 36.4 Å². The molecule has 1 N–H and O–H groups in total. The molecule has 0 aromatic heterocycles. The van der Waals surface area contributed by atoms with Gasteiger partial charge < -0.3 is 14.6 Å². The first-order valence-corrected chi connectivity index (χ1v) is 6.09. The maximum atomic E-state index is 11.7. The highest BCUT2D eigenvalue weighted by Gasteiger charge is 2.25. The Labute approximate surface area is 115 Å². The zero-order valence-corrected chi connectivity index (χ0v) is 10.8. The summed E-state index contributed by atoms with van der Waals surface area (Å²) in [5.41, 5.74) is 2.03. The van der Waals surface area contributed by atoms with Gasteiger partial charge in [0.05, 0.1) is 12.7 Å². The van der Waals surface area contributed by atoms with Crippen LogP contribution in [0.1, 0.15) is 21.5 Å². The average molecular weight is 268 g/mol. The number of hydrogen-bond donors (Lipinski definition) is 1. The maximum Gasteiger partial charge on any atom is 0.344 e. The first-order chi connectivity index (χ1) is 9.69. The quantitative estimate of drug-likeness (QED) is 0.850. The number of fused-ring (bicyclic) bond motifs is 1. The molecule has 0 bridgehead atoms. The number of hydrogen-bond acceptors (Lipinski definition) is 4. The van der Waals surface area contributed by atoms with E-state index in [9.17, 15) is 9.90 Å². The van der Waals surface area contributed by atoms with Crippen LogP contribution in [0.3, 0.4) is 0 Å². The molecule has 0 radical (unpaired) electrons. The predicted molar refractivity (Wildman–Crippen MR) is 74.4 cm³/mol. The number of esters is 1. The van der Waals surface area contributed by atoms with Gasteiger partial charge in [-0.05, 0) is 29.8 Å². The molecule has 0 aliphatic carbocycles. The summed E-state index contributed by atoms with van der Waals surface area (Å²) in [5, 5.41) is 9.75. The number of phenolic OH excluding ortho intramolecular Hbond substituents is 1. The average Bonchev–Trinajstić information content (AvgIpc) is 2.76. The van der Waals surface area contributed by atoms with E-state index < -0.39 is 0 Å². The minimum Gasteiger partial charge on any atom is -0.504 e. The van der Waals surface area contributed by atoms with Crippen LogP contribution in [0.25, 0.3) is 11.8 Å². The van der Waals surface area contributed by atoms with Gasteiger partial charge in [0.1, 0.15) is 5.76 Å². The fraction of sp³-hybridized carbons (Fsp3) is 0.0625. The fourth-order valence-corrected chi connectivity index (χ4v) is 2.14. The Kier molecular flexibility index (Phi) is 2.91. The Hall–Kier alpha value is -2.75. The van der Waals surface area contributed by atoms with E-state index in [4.69, 9.17) is 9.47 Å². The molecule has 0 saturated carbocycles. The monoisotopic (exact) mass is 268 g/mol. The van der Waals surface area contributed by atoms with Crippen molar-refractivity contribution in [2.75, 3.05) is 7.11 Å². The highest BCUT2D eigenvalue weighted by Crippen LogP contribution is 2.33. The van der Waals surface area contributed by atoms with Crippen molar-refractivity contribution in [1.82, 2.24) is 0 Å². The van der Waals surface area contributed by atoms with Gasteiger partial charge in [-0.3, -0.25) is 0 Å². The van der Waals surface area contributed by atoms with Crippen molar-refractivity contribution in [3.8, 4) is 11.5 Å². The molecule has 0 amide bonds. The van der Waals surface area contributed by atoms with Gasteiger partial charge in [0.15, 0.2) is 11.5 Å². The number of benzene rings is 2. The lowest BCUT2D eigenvalue weighted by Gasteiger charge is -2.04. The molecule has 20 heavy (non-hydrogen) atoms. The van der Waals surface area contributed by atoms with Crippen LogP contribution < -0.4 is 4.74 Å². The van der Waals surface area contributed by atoms with E-state index in [1.807, 2.05) is 12.1 Å². The van der Waals surface area contributed by atoms with Gasteiger partial charge in [0, 0.05) is 5.56 Å². The number of carbonyl (C=O) groups excluding carboxylic acids is 1. The molecular weight excluding hydrogens is 256 g/mol. The summed E-state index contributed by atoms with van der Waals surface area (Å²) in [5.74, 6) is 0.565. The first-order valence-electron chi connectivity index (χ1n) is 6.09. The molecule has 1 heterocycles. The van der Waals surface area contributed by atoms with Crippen molar-refractivity contribution in [1.29, 1.82) is 0 Å². The molecule has 0 atom stereocenters. The Morgan fingerprint density at radius 2 is 1.90 bits per heavy atom. The number of phenols is 1. The van der Waals surface area contributed by atoms with Crippen LogP contribution in [0.4, 0.5) is 0 Å². The van der Waals surface area contributed by atoms with Crippen LogP contribution in [0.2, 0.25) is 0 Å². The number of cyclic esters (lactones) is 1. The molecule has 4 nitrogen and oxygen atoms in total. The molecular formula is C16H12O4. The minimum absolute atomic E-state index is 0.0412. The molecule has 1 aliphatic rings. The lowest BCUT2D eigenvalue weighted by Crippen LogP contribution is -1.92. The predicted octanol–water partition coefficient (Wildman–Crippen LogP) is 3.07. The van der Waals surface area contributed by atoms with E-state index >= 15 is 0 Å². The third-order valence-electron chi connectivity index (χ3n) is 3.12. The van der Waals surface area contributed by atoms with Crippen LogP contribution in [0, 0.1) is 0 Å². The minimum atomic E-state index is -0.357. The van der Waals surface area contributed by atoms with Crippen molar-refractivity contribution >= 4 is 17.8 Å². The van der Waals surface area contributed by atoms with E-state index in [-0.39, 0.29) is 11.7 Å². The molecule has 4 heteroatoms. The van der Waals surface area contributed by atoms with E-state index in [1.165, 1.54) is 7.11 Å². The maximum absolute atomic E-state index is 11.7. The van der Waals surface area contributed by atoms with Gasteiger partial charge in [0.2, 0.25) is 0 Å². The summed E-state index contributed by atoms with van der Waals surface area (Å²) in [4.78, 5) is 11.7. The second-order valence-electron chi connectivity index (χ2n) is 4.37. The Balaban J connectivity index is 2.02. The standard InChI is InChI=1S/C16H12O4/c1-19-14-7-6-10(8-13(14)17)9-15-11-4-2-3-5-12(11)16(18)20-15/h2-9,17H,1H3. The van der Waals surface area contributed by atoms with Gasteiger partial charge in [-0.2, -0.15) is 0 Å². The molecule has 0 spiro atoms. The highest BCUT2D eigenvalue weighted by atomic mass is 16.5. The number of carbonyl (C=O) groups is 1. The van der Waals surface area contributed by atoms with Crippen molar-refractivity contribution in [2.24, 2.45) is 0 Å². The second kappa shape index (κ2) is 4.74. The van der Waals surface area contributed by atoms with Crippen LogP contribution in [0.5, 0.6) is 11.5 Å². The SMILES string of the molecule is COc1ccc(C=C2OC(=O)c3ccccc32)cc1O. The van der Waals surface area contributed by atoms with Crippen LogP contribution in [-0.4, -0.2) is 18.2 Å². The number of rotatable bonds is 2. The van der Waals surface area contributed by atoms with Crippen molar-refractivity contribution in [3.63, 3.8) is 0 Å². The van der Waals surface area contributed by atoms with Gasteiger partial charge in [0.25, 0.3) is 0 Å². The van der Waals surface area contributed by atoms with E-state index in [2.05, 4.69) is 0 Å². The summed E-state index contributed by atoms with van der Waals surface area (Å²) in [6.07, 6.45) is 1.71. The Morgan fingerprint density at radius 1 is 1.15 bits per heavy atom. The summed E-state index contributed by atoms with van der Waals surface area (Å²) in [7, 11) is 1.49. The Morgan fingerprint density at radius 3 is 2.60 bits per heavy atom. The molecule has 2 aromatic carbocycles. The van der Waals surface area contributed by atoms with Gasteiger partial charge in [-0.15, -0.1) is 0 Å². The van der Waals surface area contributed by atoms with Crippen molar-refractivity contribution in [3.05, 3.63) is 59.2 Å². The molecule has 100 valence electrons. The third kappa shape index (κ3) is 2.01. The molecule has 1 aliphatic heterocycles. The van der Waals surface area contributed by atoms with E-state index in [0.29, 0.717) is 17.1 Å². The molecule has 0 unspecified atom stereocenters.